The standard InChI is InChI=1S/C16H23N3O2/c1-3-17-14-9-12(8-10(2)18-14)16(20)19-13-6-7-21-15(13)11-4-5-11/h8-9,11,13,15H,3-7H2,1-2H3,(H,17,18)(H,19,20). The van der Waals surface area contributed by atoms with Crippen LogP contribution in [0.3, 0.4) is 0 Å². The summed E-state index contributed by atoms with van der Waals surface area (Å²) in [5.74, 6) is 1.37. The van der Waals surface area contributed by atoms with Crippen molar-refractivity contribution in [2.45, 2.75) is 45.3 Å². The lowest BCUT2D eigenvalue weighted by molar-refractivity contribution is 0.0729. The molecule has 0 spiro atoms. The van der Waals surface area contributed by atoms with E-state index in [9.17, 15) is 4.79 Å². The first kappa shape index (κ1) is 14.3. The van der Waals surface area contributed by atoms with Gasteiger partial charge in [-0.05, 0) is 51.2 Å². The van der Waals surface area contributed by atoms with E-state index in [0.29, 0.717) is 11.5 Å². The number of anilines is 1. The zero-order valence-electron chi connectivity index (χ0n) is 12.7. The molecule has 1 aromatic rings. The van der Waals surface area contributed by atoms with Crippen LogP contribution in [0.5, 0.6) is 0 Å². The van der Waals surface area contributed by atoms with Gasteiger partial charge >= 0.3 is 0 Å². The van der Waals surface area contributed by atoms with Crippen LogP contribution in [0.25, 0.3) is 0 Å². The molecule has 5 nitrogen and oxygen atoms in total. The van der Waals surface area contributed by atoms with E-state index >= 15 is 0 Å². The summed E-state index contributed by atoms with van der Waals surface area (Å²) < 4.78 is 5.77. The molecule has 2 unspecified atom stereocenters. The summed E-state index contributed by atoms with van der Waals surface area (Å²) in [5, 5.41) is 6.30. The van der Waals surface area contributed by atoms with Gasteiger partial charge in [-0.2, -0.15) is 0 Å². The number of ether oxygens (including phenoxy) is 1. The predicted octanol–water partition coefficient (Wildman–Crippen LogP) is 2.12. The number of aryl methyl sites for hydroxylation is 1. The van der Waals surface area contributed by atoms with Gasteiger partial charge in [-0.1, -0.05) is 0 Å². The third kappa shape index (κ3) is 3.35. The lowest BCUT2D eigenvalue weighted by Gasteiger charge is -2.19. The van der Waals surface area contributed by atoms with Gasteiger partial charge in [-0.25, -0.2) is 4.98 Å². The fourth-order valence-corrected chi connectivity index (χ4v) is 2.98. The first-order chi connectivity index (χ1) is 10.2. The van der Waals surface area contributed by atoms with E-state index in [1.165, 1.54) is 12.8 Å². The molecule has 0 bridgehead atoms. The smallest absolute Gasteiger partial charge is 0.251 e. The molecular formula is C16H23N3O2. The third-order valence-corrected chi connectivity index (χ3v) is 4.11. The average molecular weight is 289 g/mol. The van der Waals surface area contributed by atoms with Gasteiger partial charge in [0.15, 0.2) is 0 Å². The molecule has 1 saturated heterocycles. The van der Waals surface area contributed by atoms with Crippen molar-refractivity contribution in [1.29, 1.82) is 0 Å². The van der Waals surface area contributed by atoms with Crippen molar-refractivity contribution in [1.82, 2.24) is 10.3 Å². The number of aromatic nitrogens is 1. The van der Waals surface area contributed by atoms with E-state index in [2.05, 4.69) is 15.6 Å². The molecule has 1 aliphatic carbocycles. The number of hydrogen-bond acceptors (Lipinski definition) is 4. The van der Waals surface area contributed by atoms with Gasteiger partial charge < -0.3 is 15.4 Å². The highest BCUT2D eigenvalue weighted by Gasteiger charge is 2.41. The molecule has 2 heterocycles. The maximum atomic E-state index is 12.5. The average Bonchev–Trinajstić information content (AvgIpc) is 3.19. The topological polar surface area (TPSA) is 63.2 Å². The molecule has 21 heavy (non-hydrogen) atoms. The van der Waals surface area contributed by atoms with Crippen LogP contribution < -0.4 is 10.6 Å². The van der Waals surface area contributed by atoms with Crippen LogP contribution in [0.2, 0.25) is 0 Å². The molecule has 1 saturated carbocycles. The molecule has 3 rings (SSSR count). The van der Waals surface area contributed by atoms with Crippen LogP contribution >= 0.6 is 0 Å². The Balaban J connectivity index is 1.69. The van der Waals surface area contributed by atoms with Crippen LogP contribution in [0.1, 0.15) is 42.2 Å². The molecule has 0 aromatic carbocycles. The van der Waals surface area contributed by atoms with Crippen molar-refractivity contribution in [3.8, 4) is 0 Å². The molecule has 0 radical (unpaired) electrons. The summed E-state index contributed by atoms with van der Waals surface area (Å²) in [6, 6.07) is 3.80. The van der Waals surface area contributed by atoms with Gasteiger partial charge in [0.05, 0.1) is 12.1 Å². The van der Waals surface area contributed by atoms with Crippen LogP contribution in [0, 0.1) is 12.8 Å². The van der Waals surface area contributed by atoms with Crippen molar-refractivity contribution < 1.29 is 9.53 Å². The Kier molecular flexibility index (Phi) is 4.10. The van der Waals surface area contributed by atoms with Crippen molar-refractivity contribution in [2.24, 2.45) is 5.92 Å². The number of pyridine rings is 1. The lowest BCUT2D eigenvalue weighted by atomic mass is 10.1. The number of rotatable bonds is 5. The molecule has 2 fully saturated rings. The first-order valence-electron chi connectivity index (χ1n) is 7.82. The summed E-state index contributed by atoms with van der Waals surface area (Å²) >= 11 is 0. The number of nitrogens with one attached hydrogen (secondary N) is 2. The Labute approximate surface area is 125 Å². The van der Waals surface area contributed by atoms with E-state index in [-0.39, 0.29) is 18.1 Å². The van der Waals surface area contributed by atoms with Crippen molar-refractivity contribution in [2.75, 3.05) is 18.5 Å². The van der Waals surface area contributed by atoms with E-state index in [0.717, 1.165) is 31.1 Å². The minimum atomic E-state index is -0.0270. The molecule has 2 N–H and O–H groups in total. The second kappa shape index (κ2) is 6.02. The van der Waals surface area contributed by atoms with Crippen LogP contribution in [-0.2, 0) is 4.74 Å². The Morgan fingerprint density at radius 3 is 2.90 bits per heavy atom. The van der Waals surface area contributed by atoms with E-state index in [4.69, 9.17) is 4.74 Å². The maximum Gasteiger partial charge on any atom is 0.251 e. The first-order valence-corrected chi connectivity index (χ1v) is 7.82. The molecule has 2 aliphatic rings. The van der Waals surface area contributed by atoms with Crippen molar-refractivity contribution in [3.63, 3.8) is 0 Å². The predicted molar refractivity (Wildman–Crippen MR) is 81.5 cm³/mol. The second-order valence-corrected chi connectivity index (χ2v) is 5.95. The van der Waals surface area contributed by atoms with Gasteiger partial charge in [0.2, 0.25) is 0 Å². The molecule has 1 aliphatic heterocycles. The quantitative estimate of drug-likeness (QED) is 0.871. The second-order valence-electron chi connectivity index (χ2n) is 5.95. The largest absolute Gasteiger partial charge is 0.376 e. The fourth-order valence-electron chi connectivity index (χ4n) is 2.98. The molecule has 5 heteroatoms. The van der Waals surface area contributed by atoms with Crippen LogP contribution in [0.4, 0.5) is 5.82 Å². The summed E-state index contributed by atoms with van der Waals surface area (Å²) in [6.07, 6.45) is 3.59. The van der Waals surface area contributed by atoms with Gasteiger partial charge in [-0.15, -0.1) is 0 Å². The molecule has 114 valence electrons. The van der Waals surface area contributed by atoms with Crippen LogP contribution in [-0.4, -0.2) is 36.2 Å². The Morgan fingerprint density at radius 2 is 2.19 bits per heavy atom. The highest BCUT2D eigenvalue weighted by atomic mass is 16.5. The van der Waals surface area contributed by atoms with Crippen LogP contribution in [0.15, 0.2) is 12.1 Å². The maximum absolute atomic E-state index is 12.5. The highest BCUT2D eigenvalue weighted by Crippen LogP contribution is 2.38. The summed E-state index contributed by atoms with van der Waals surface area (Å²) in [4.78, 5) is 16.9. The van der Waals surface area contributed by atoms with E-state index < -0.39 is 0 Å². The van der Waals surface area contributed by atoms with Gasteiger partial charge in [0.25, 0.3) is 5.91 Å². The Bertz CT molecular complexity index is 528. The normalized spacial score (nSPS) is 24.9. The minimum absolute atomic E-state index is 0.0270. The number of carbonyl (C=O) groups is 1. The Morgan fingerprint density at radius 1 is 1.38 bits per heavy atom. The Hall–Kier alpha value is -1.62. The fraction of sp³-hybridized carbons (Fsp3) is 0.625. The zero-order chi connectivity index (χ0) is 14.8. The number of hydrogen-bond donors (Lipinski definition) is 2. The molecule has 1 amide bonds. The van der Waals surface area contributed by atoms with Gasteiger partial charge in [0, 0.05) is 24.4 Å². The summed E-state index contributed by atoms with van der Waals surface area (Å²) in [7, 11) is 0. The summed E-state index contributed by atoms with van der Waals surface area (Å²) in [6.45, 7) is 5.46. The monoisotopic (exact) mass is 289 g/mol. The highest BCUT2D eigenvalue weighted by molar-refractivity contribution is 5.95. The van der Waals surface area contributed by atoms with Crippen molar-refractivity contribution >= 4 is 11.7 Å². The van der Waals surface area contributed by atoms with Crippen molar-refractivity contribution in [3.05, 3.63) is 23.4 Å². The lowest BCUT2D eigenvalue weighted by Crippen LogP contribution is -2.41. The molecule has 2 atom stereocenters. The zero-order valence-corrected chi connectivity index (χ0v) is 12.7. The summed E-state index contributed by atoms with van der Waals surface area (Å²) in [5.41, 5.74) is 1.51. The molecule has 1 aromatic heterocycles. The van der Waals surface area contributed by atoms with Gasteiger partial charge in [-0.3, -0.25) is 4.79 Å². The number of carbonyl (C=O) groups excluding carboxylic acids is 1. The molecular weight excluding hydrogens is 266 g/mol. The number of amides is 1. The third-order valence-electron chi connectivity index (χ3n) is 4.11. The van der Waals surface area contributed by atoms with Gasteiger partial charge in [0.1, 0.15) is 5.82 Å². The van der Waals surface area contributed by atoms with E-state index in [1.807, 2.05) is 26.0 Å². The minimum Gasteiger partial charge on any atom is -0.376 e. The SMILES string of the molecule is CCNc1cc(C(=O)NC2CCOC2C2CC2)cc(C)n1. The number of nitrogens with zero attached hydrogens (tertiary/aromatic N) is 1. The van der Waals surface area contributed by atoms with E-state index in [1.54, 1.807) is 0 Å².